The van der Waals surface area contributed by atoms with E-state index in [0.29, 0.717) is 44.9 Å². The van der Waals surface area contributed by atoms with Crippen LogP contribution >= 0.6 is 34.8 Å². The first-order chi connectivity index (χ1) is 23.2. The standard InChI is InChI=1S/C33H35Cl3F2N8O3/c1-33(2,3)12-13-40-31(39)46(29(47)19-6-4-18(5-7-19)21-15-41-45(16-21)30(37)38)25(17-49-32(48)42-22-9-10-22)20-8-11-24(34)23(14-20)28-43-26(35)27(36)44-28/h4-8,11,14-16,22,25,30H,9-10,12-13,17H2,1-3H3,(H2,39,40)(H,42,48)(H,43,44)/t25-/m1/s1. The van der Waals surface area contributed by atoms with Crippen molar-refractivity contribution in [3.8, 4) is 22.5 Å². The third-order valence-electron chi connectivity index (χ3n) is 7.70. The van der Waals surface area contributed by atoms with Crippen LogP contribution in [0.4, 0.5) is 13.6 Å². The largest absolute Gasteiger partial charge is 0.447 e. The summed E-state index contributed by atoms with van der Waals surface area (Å²) in [5.74, 6) is -0.375. The molecule has 5 rings (SSSR count). The number of ether oxygens (including phenoxy) is 1. The van der Waals surface area contributed by atoms with Crippen molar-refractivity contribution in [2.24, 2.45) is 16.1 Å². The van der Waals surface area contributed by atoms with Crippen LogP contribution in [0.25, 0.3) is 22.5 Å². The number of carbonyl (C=O) groups excluding carboxylic acids is 2. The van der Waals surface area contributed by atoms with E-state index in [9.17, 15) is 18.4 Å². The normalized spacial score (nSPS) is 14.2. The Kier molecular flexibility index (Phi) is 11.2. The molecule has 49 heavy (non-hydrogen) atoms. The number of alkyl carbamates (subject to hydrolysis) is 1. The maximum Gasteiger partial charge on any atom is 0.407 e. The van der Waals surface area contributed by atoms with Crippen molar-refractivity contribution in [2.75, 3.05) is 13.2 Å². The maximum atomic E-state index is 14.4. The molecule has 0 saturated heterocycles. The van der Waals surface area contributed by atoms with Gasteiger partial charge in [-0.1, -0.05) is 73.8 Å². The van der Waals surface area contributed by atoms with Crippen molar-refractivity contribution in [2.45, 2.75) is 58.7 Å². The highest BCUT2D eigenvalue weighted by Gasteiger charge is 2.33. The Morgan fingerprint density at radius 1 is 1.14 bits per heavy atom. The lowest BCUT2D eigenvalue weighted by atomic mass is 9.92. The van der Waals surface area contributed by atoms with Crippen molar-refractivity contribution < 1.29 is 23.1 Å². The molecule has 1 saturated carbocycles. The van der Waals surface area contributed by atoms with Gasteiger partial charge in [0.05, 0.1) is 17.3 Å². The molecule has 11 nitrogen and oxygen atoms in total. The van der Waals surface area contributed by atoms with Crippen molar-refractivity contribution in [1.82, 2.24) is 30.0 Å². The number of nitrogens with two attached hydrogens (primary N) is 1. The molecule has 0 radical (unpaired) electrons. The summed E-state index contributed by atoms with van der Waals surface area (Å²) in [5.41, 5.74) is 8.68. The maximum absolute atomic E-state index is 14.4. The first-order valence-corrected chi connectivity index (χ1v) is 16.5. The molecule has 1 aliphatic rings. The molecule has 16 heteroatoms. The molecule has 2 aromatic carbocycles. The molecule has 0 unspecified atom stereocenters. The zero-order chi connectivity index (χ0) is 35.5. The van der Waals surface area contributed by atoms with Crippen molar-refractivity contribution in [3.05, 3.63) is 81.3 Å². The van der Waals surface area contributed by atoms with Gasteiger partial charge in [0, 0.05) is 35.5 Å². The van der Waals surface area contributed by atoms with Gasteiger partial charge in [-0.15, -0.1) is 0 Å². The van der Waals surface area contributed by atoms with Gasteiger partial charge in [0.2, 0.25) is 0 Å². The van der Waals surface area contributed by atoms with Crippen molar-refractivity contribution >= 4 is 52.8 Å². The van der Waals surface area contributed by atoms with Crippen LogP contribution in [-0.4, -0.2) is 61.8 Å². The van der Waals surface area contributed by atoms with E-state index in [4.69, 9.17) is 45.3 Å². The number of rotatable bonds is 11. The summed E-state index contributed by atoms with van der Waals surface area (Å²) < 4.78 is 32.4. The third kappa shape index (κ3) is 9.28. The monoisotopic (exact) mass is 734 g/mol. The van der Waals surface area contributed by atoms with Gasteiger partial charge < -0.3 is 20.8 Å². The fourth-order valence-corrected chi connectivity index (χ4v) is 5.30. The summed E-state index contributed by atoms with van der Waals surface area (Å²) >= 11 is 18.8. The molecule has 1 aliphatic carbocycles. The van der Waals surface area contributed by atoms with Crippen molar-refractivity contribution in [1.29, 1.82) is 0 Å². The van der Waals surface area contributed by atoms with Crippen LogP contribution in [0.1, 0.15) is 68.5 Å². The molecule has 0 aliphatic heterocycles. The minimum atomic E-state index is -2.79. The number of nitrogens with one attached hydrogen (secondary N) is 2. The zero-order valence-corrected chi connectivity index (χ0v) is 29.2. The number of carbonyl (C=O) groups is 2. The van der Waals surface area contributed by atoms with Crippen molar-refractivity contribution in [3.63, 3.8) is 0 Å². The molecule has 1 fully saturated rings. The van der Waals surface area contributed by atoms with Gasteiger partial charge in [-0.25, -0.2) is 14.5 Å². The number of nitrogens with zero attached hydrogens (tertiary/aromatic N) is 5. The number of alkyl halides is 2. The highest BCUT2D eigenvalue weighted by Crippen LogP contribution is 2.34. The molecule has 4 N–H and O–H groups in total. The van der Waals surface area contributed by atoms with E-state index in [1.54, 1.807) is 42.5 Å². The van der Waals surface area contributed by atoms with Gasteiger partial charge in [0.15, 0.2) is 11.1 Å². The van der Waals surface area contributed by atoms with Crippen LogP contribution in [0, 0.1) is 5.41 Å². The Morgan fingerprint density at radius 2 is 1.86 bits per heavy atom. The molecule has 4 aromatic rings. The Hall–Kier alpha value is -4.20. The quantitative estimate of drug-likeness (QED) is 0.105. The highest BCUT2D eigenvalue weighted by molar-refractivity contribution is 6.40. The fourth-order valence-electron chi connectivity index (χ4n) is 4.83. The number of aromatic amines is 1. The molecule has 2 amide bonds. The van der Waals surface area contributed by atoms with Gasteiger partial charge in [-0.2, -0.15) is 13.9 Å². The number of guanidine groups is 1. The second kappa shape index (κ2) is 15.1. The summed E-state index contributed by atoms with van der Waals surface area (Å²) in [7, 11) is 0. The number of aromatic nitrogens is 4. The van der Waals surface area contributed by atoms with Gasteiger partial charge in [0.25, 0.3) is 5.91 Å². The number of benzene rings is 2. The van der Waals surface area contributed by atoms with Crippen LogP contribution in [0.3, 0.4) is 0 Å². The smallest absolute Gasteiger partial charge is 0.407 e. The lowest BCUT2D eigenvalue weighted by Crippen LogP contribution is -2.46. The number of H-pyrrole nitrogens is 1. The lowest BCUT2D eigenvalue weighted by molar-refractivity contribution is 0.0566. The van der Waals surface area contributed by atoms with Crippen LogP contribution in [0.15, 0.2) is 59.9 Å². The summed E-state index contributed by atoms with van der Waals surface area (Å²) in [6, 6.07) is 10.3. The van der Waals surface area contributed by atoms with E-state index < -0.39 is 24.6 Å². The molecule has 0 bridgehead atoms. The summed E-state index contributed by atoms with van der Waals surface area (Å²) in [5, 5.41) is 6.94. The molecule has 2 aromatic heterocycles. The summed E-state index contributed by atoms with van der Waals surface area (Å²) in [6.07, 6.45) is 4.26. The lowest BCUT2D eigenvalue weighted by Gasteiger charge is -2.31. The summed E-state index contributed by atoms with van der Waals surface area (Å²) in [4.78, 5) is 40.1. The number of imidazole rings is 1. The van der Waals surface area contributed by atoms with Gasteiger partial charge in [-0.3, -0.25) is 14.7 Å². The van der Waals surface area contributed by atoms with Gasteiger partial charge >= 0.3 is 12.6 Å². The first-order valence-electron chi connectivity index (χ1n) is 15.4. The zero-order valence-electron chi connectivity index (χ0n) is 26.9. The second-order valence-corrected chi connectivity index (χ2v) is 13.9. The Labute approximate surface area is 296 Å². The van der Waals surface area contributed by atoms with E-state index in [1.807, 2.05) is 0 Å². The fraction of sp³-hybridized carbons (Fsp3) is 0.364. The Balaban J connectivity index is 1.55. The molecule has 2 heterocycles. The molecular weight excluding hydrogens is 701 g/mol. The number of halogens is 5. The minimum Gasteiger partial charge on any atom is -0.447 e. The number of amides is 2. The average Bonchev–Trinajstić information content (AvgIpc) is 3.59. The van der Waals surface area contributed by atoms with E-state index >= 15 is 0 Å². The summed E-state index contributed by atoms with van der Waals surface area (Å²) in [6.45, 7) is 3.41. The number of aliphatic imine (C=N–C) groups is 1. The van der Waals surface area contributed by atoms with E-state index in [-0.39, 0.29) is 45.7 Å². The molecule has 1 atom stereocenters. The Bertz CT molecular complexity index is 1820. The van der Waals surface area contributed by atoms with E-state index in [1.165, 1.54) is 17.3 Å². The molecule has 0 spiro atoms. The van der Waals surface area contributed by atoms with Crippen LogP contribution < -0.4 is 11.1 Å². The number of hydrogen-bond acceptors (Lipinski definition) is 6. The predicted octanol–water partition coefficient (Wildman–Crippen LogP) is 8.12. The average molecular weight is 736 g/mol. The second-order valence-electron chi connectivity index (χ2n) is 12.8. The highest BCUT2D eigenvalue weighted by atomic mass is 35.5. The van der Waals surface area contributed by atoms with E-state index in [2.05, 4.69) is 46.1 Å². The first kappa shape index (κ1) is 36.1. The van der Waals surface area contributed by atoms with Gasteiger partial charge in [0.1, 0.15) is 17.6 Å². The topological polar surface area (TPSA) is 144 Å². The SMILES string of the molecule is CC(C)(C)CCN=C(N)N(C(=O)c1ccc(-c2cnn(C(F)F)c2)cc1)[C@H](COC(=O)NC1CC1)c1ccc(Cl)c(-c2nc(Cl)c(Cl)[nH]2)c1. The van der Waals surface area contributed by atoms with Crippen LogP contribution in [0.2, 0.25) is 15.3 Å². The van der Waals surface area contributed by atoms with Crippen LogP contribution in [0.5, 0.6) is 0 Å². The van der Waals surface area contributed by atoms with Crippen LogP contribution in [-0.2, 0) is 4.74 Å². The third-order valence-corrected chi connectivity index (χ3v) is 8.67. The molecular formula is C33H35Cl3F2N8O3. The number of hydrogen-bond donors (Lipinski definition) is 3. The molecule has 260 valence electrons. The van der Waals surface area contributed by atoms with E-state index in [0.717, 1.165) is 12.8 Å². The Morgan fingerprint density at radius 3 is 2.45 bits per heavy atom. The van der Waals surface area contributed by atoms with Gasteiger partial charge in [-0.05, 0) is 60.1 Å². The predicted molar refractivity (Wildman–Crippen MR) is 185 cm³/mol. The minimum absolute atomic E-state index is 0.0367.